The van der Waals surface area contributed by atoms with Crippen molar-refractivity contribution < 1.29 is 5.11 Å². The van der Waals surface area contributed by atoms with E-state index in [1.807, 2.05) is 13.8 Å². The van der Waals surface area contributed by atoms with Crippen LogP contribution in [0.4, 0.5) is 0 Å². The minimum absolute atomic E-state index is 0.575. The predicted molar refractivity (Wildman–Crippen MR) is 53.7 cm³/mol. The summed E-state index contributed by atoms with van der Waals surface area (Å²) in [6.45, 7) is 5.86. The minimum atomic E-state index is -0.575. The van der Waals surface area contributed by atoms with Crippen molar-refractivity contribution in [2.75, 3.05) is 0 Å². The molecule has 0 unspecified atom stereocenters. The van der Waals surface area contributed by atoms with Gasteiger partial charge in [-0.2, -0.15) is 0 Å². The lowest BCUT2D eigenvalue weighted by Crippen LogP contribution is -2.21. The molecule has 1 heterocycles. The third-order valence-electron chi connectivity index (χ3n) is 1.81. The van der Waals surface area contributed by atoms with Gasteiger partial charge in [-0.3, -0.25) is 0 Å². The predicted octanol–water partition coefficient (Wildman–Crippen LogP) is 2.62. The van der Waals surface area contributed by atoms with Gasteiger partial charge in [-0.05, 0) is 37.3 Å². The van der Waals surface area contributed by atoms with Gasteiger partial charge in [0.25, 0.3) is 0 Å². The fourth-order valence-corrected chi connectivity index (χ4v) is 2.43. The highest BCUT2D eigenvalue weighted by atomic mass is 32.1. The van der Waals surface area contributed by atoms with Crippen LogP contribution in [0.2, 0.25) is 0 Å². The Kier molecular flexibility index (Phi) is 2.91. The van der Waals surface area contributed by atoms with Crippen molar-refractivity contribution in [1.29, 1.82) is 0 Å². The Balaban J connectivity index is 2.75. The van der Waals surface area contributed by atoms with E-state index >= 15 is 0 Å². The molecule has 0 radical (unpaired) electrons. The molecule has 1 nitrogen and oxygen atoms in total. The zero-order valence-corrected chi connectivity index (χ0v) is 8.74. The maximum absolute atomic E-state index is 9.62. The Labute approximate surface area is 78.1 Å². The van der Waals surface area contributed by atoms with Crippen molar-refractivity contribution >= 4 is 11.3 Å². The maximum atomic E-state index is 9.62. The van der Waals surface area contributed by atoms with Gasteiger partial charge in [-0.1, -0.05) is 6.92 Å². The molecule has 0 spiro atoms. The summed E-state index contributed by atoms with van der Waals surface area (Å²) < 4.78 is 0. The van der Waals surface area contributed by atoms with Crippen LogP contribution < -0.4 is 0 Å². The van der Waals surface area contributed by atoms with Crippen LogP contribution in [0.15, 0.2) is 11.4 Å². The largest absolute Gasteiger partial charge is 0.390 e. The van der Waals surface area contributed by atoms with E-state index in [-0.39, 0.29) is 0 Å². The molecule has 0 aromatic carbocycles. The van der Waals surface area contributed by atoms with Crippen molar-refractivity contribution in [3.63, 3.8) is 0 Å². The quantitative estimate of drug-likeness (QED) is 0.765. The normalized spacial score (nSPS) is 12.0. The Morgan fingerprint density at radius 2 is 2.17 bits per heavy atom. The van der Waals surface area contributed by atoms with Crippen LogP contribution in [0.25, 0.3) is 0 Å². The first-order chi connectivity index (χ1) is 5.53. The summed E-state index contributed by atoms with van der Waals surface area (Å²) in [5, 5.41) is 11.7. The molecule has 1 aromatic heterocycles. The second-order valence-corrected chi connectivity index (χ2v) is 4.71. The van der Waals surface area contributed by atoms with Gasteiger partial charge in [0, 0.05) is 11.3 Å². The van der Waals surface area contributed by atoms with Gasteiger partial charge in [0.05, 0.1) is 5.60 Å². The molecule has 0 aliphatic heterocycles. The van der Waals surface area contributed by atoms with Gasteiger partial charge >= 0.3 is 0 Å². The smallest absolute Gasteiger partial charge is 0.0639 e. The summed E-state index contributed by atoms with van der Waals surface area (Å²) in [7, 11) is 0. The van der Waals surface area contributed by atoms with E-state index in [2.05, 4.69) is 18.4 Å². The third-order valence-corrected chi connectivity index (χ3v) is 2.77. The third kappa shape index (κ3) is 2.61. The molecule has 0 saturated carbocycles. The molecule has 1 N–H and O–H groups in total. The summed E-state index contributed by atoms with van der Waals surface area (Å²) in [5.74, 6) is 0. The van der Waals surface area contributed by atoms with Crippen LogP contribution in [0.3, 0.4) is 0 Å². The molecule has 0 amide bonds. The summed E-state index contributed by atoms with van der Waals surface area (Å²) in [5.41, 5.74) is 0.802. The molecule has 0 atom stereocenters. The minimum Gasteiger partial charge on any atom is -0.390 e. The Hall–Kier alpha value is -0.340. The summed E-state index contributed by atoms with van der Waals surface area (Å²) >= 11 is 1.74. The number of aryl methyl sites for hydroxylation is 1. The van der Waals surface area contributed by atoms with Crippen molar-refractivity contribution in [1.82, 2.24) is 0 Å². The van der Waals surface area contributed by atoms with Gasteiger partial charge < -0.3 is 5.11 Å². The van der Waals surface area contributed by atoms with E-state index in [0.717, 1.165) is 12.8 Å². The van der Waals surface area contributed by atoms with E-state index in [0.29, 0.717) is 0 Å². The lowest BCUT2D eigenvalue weighted by atomic mass is 10.0. The number of rotatable bonds is 3. The molecule has 0 aliphatic carbocycles. The Morgan fingerprint density at radius 1 is 1.50 bits per heavy atom. The SMILES string of the molecule is CCc1ccsc1CC(C)(C)O. The molecule has 2 heteroatoms. The molecule has 0 saturated heterocycles. The molecular weight excluding hydrogens is 168 g/mol. The molecular formula is C10H16OS. The Bertz CT molecular complexity index is 245. The molecule has 68 valence electrons. The zero-order chi connectivity index (χ0) is 9.19. The molecule has 0 fully saturated rings. The monoisotopic (exact) mass is 184 g/mol. The zero-order valence-electron chi connectivity index (χ0n) is 7.92. The summed E-state index contributed by atoms with van der Waals surface area (Å²) in [6.07, 6.45) is 1.84. The van der Waals surface area contributed by atoms with Gasteiger partial charge in [0.1, 0.15) is 0 Å². The fraction of sp³-hybridized carbons (Fsp3) is 0.600. The molecule has 0 aliphatic rings. The van der Waals surface area contributed by atoms with Crippen molar-refractivity contribution in [2.24, 2.45) is 0 Å². The average molecular weight is 184 g/mol. The number of hydrogen-bond donors (Lipinski definition) is 1. The first kappa shape index (κ1) is 9.75. The maximum Gasteiger partial charge on any atom is 0.0639 e. The molecule has 12 heavy (non-hydrogen) atoms. The highest BCUT2D eigenvalue weighted by Crippen LogP contribution is 2.22. The molecule has 0 bridgehead atoms. The van der Waals surface area contributed by atoms with Crippen LogP contribution in [-0.2, 0) is 12.8 Å². The van der Waals surface area contributed by atoms with Crippen LogP contribution in [-0.4, -0.2) is 10.7 Å². The van der Waals surface area contributed by atoms with E-state index in [9.17, 15) is 5.11 Å². The molecule has 1 rings (SSSR count). The standard InChI is InChI=1S/C10H16OS/c1-4-8-5-6-12-9(8)7-10(2,3)11/h5-6,11H,4,7H2,1-3H3. The molecule has 1 aromatic rings. The lowest BCUT2D eigenvalue weighted by molar-refractivity contribution is 0.0816. The van der Waals surface area contributed by atoms with Crippen LogP contribution in [0.5, 0.6) is 0 Å². The van der Waals surface area contributed by atoms with Crippen molar-refractivity contribution in [3.8, 4) is 0 Å². The fourth-order valence-electron chi connectivity index (χ4n) is 1.23. The second-order valence-electron chi connectivity index (χ2n) is 3.71. The van der Waals surface area contributed by atoms with Gasteiger partial charge in [0.2, 0.25) is 0 Å². The van der Waals surface area contributed by atoms with E-state index in [4.69, 9.17) is 0 Å². The van der Waals surface area contributed by atoms with Gasteiger partial charge in [-0.25, -0.2) is 0 Å². The first-order valence-corrected chi connectivity index (χ1v) is 5.18. The van der Waals surface area contributed by atoms with E-state index in [1.54, 1.807) is 11.3 Å². The number of thiophene rings is 1. The van der Waals surface area contributed by atoms with E-state index in [1.165, 1.54) is 10.4 Å². The van der Waals surface area contributed by atoms with Crippen molar-refractivity contribution in [2.45, 2.75) is 39.2 Å². The Morgan fingerprint density at radius 3 is 2.67 bits per heavy atom. The second kappa shape index (κ2) is 3.58. The van der Waals surface area contributed by atoms with Crippen molar-refractivity contribution in [3.05, 3.63) is 21.9 Å². The van der Waals surface area contributed by atoms with Crippen LogP contribution >= 0.6 is 11.3 Å². The highest BCUT2D eigenvalue weighted by Gasteiger charge is 2.15. The van der Waals surface area contributed by atoms with Gasteiger partial charge in [-0.15, -0.1) is 11.3 Å². The number of hydrogen-bond acceptors (Lipinski definition) is 2. The summed E-state index contributed by atoms with van der Waals surface area (Å²) in [4.78, 5) is 1.32. The van der Waals surface area contributed by atoms with E-state index < -0.39 is 5.60 Å². The lowest BCUT2D eigenvalue weighted by Gasteiger charge is -2.16. The van der Waals surface area contributed by atoms with Gasteiger partial charge in [0.15, 0.2) is 0 Å². The summed E-state index contributed by atoms with van der Waals surface area (Å²) in [6, 6.07) is 2.14. The first-order valence-electron chi connectivity index (χ1n) is 4.30. The number of aliphatic hydroxyl groups is 1. The van der Waals surface area contributed by atoms with Crippen LogP contribution in [0, 0.1) is 0 Å². The average Bonchev–Trinajstić information content (AvgIpc) is 2.31. The highest BCUT2D eigenvalue weighted by molar-refractivity contribution is 7.10. The van der Waals surface area contributed by atoms with Crippen LogP contribution in [0.1, 0.15) is 31.2 Å². The topological polar surface area (TPSA) is 20.2 Å².